The van der Waals surface area contributed by atoms with Crippen molar-refractivity contribution in [2.45, 2.75) is 356 Å². The van der Waals surface area contributed by atoms with Crippen molar-refractivity contribution in [2.24, 2.45) is 23.7 Å². The average molecular weight is 1300 g/mol. The number of ether oxygens (including phenoxy) is 4. The summed E-state index contributed by atoms with van der Waals surface area (Å²) in [6.07, 6.45) is 40.8. The maximum absolute atomic E-state index is 13.0. The third-order valence-electron chi connectivity index (χ3n) is 15.8. The van der Waals surface area contributed by atoms with Crippen molar-refractivity contribution in [3.05, 3.63) is 0 Å². The molecule has 522 valence electrons. The largest absolute Gasteiger partial charge is 0.472 e. The molecular weight excluding hydrogens is 1160 g/mol. The molecule has 0 radical (unpaired) electrons. The molecule has 0 amide bonds. The molecule has 0 saturated heterocycles. The van der Waals surface area contributed by atoms with Gasteiger partial charge in [0.1, 0.15) is 19.3 Å². The number of phosphoric acid groups is 2. The van der Waals surface area contributed by atoms with Gasteiger partial charge < -0.3 is 33.8 Å². The summed E-state index contributed by atoms with van der Waals surface area (Å²) in [7, 11) is -9.90. The minimum Gasteiger partial charge on any atom is -0.462 e. The number of unbranched alkanes of at least 4 members (excludes halogenated alkanes) is 32. The minimum atomic E-state index is -4.95. The standard InChI is InChI=1S/C69H134O17P2/c1-59(2)45-37-29-21-17-15-13-11-9-10-12-14-16-18-24-35-43-51-68(73)85-64(55-79-66(71)49-41-33-25-19-22-30-38-46-60(3)4)57-83-87(75,76)81-53-63(70)54-82-88(77,78)84-58-65(56-80-67(72)50-42-34-28-27-32-40-48-62(7)8)86-69(74)52-44-36-26-20-23-31-39-47-61(5)6/h59-65,70H,9-58H2,1-8H3,(H,75,76)(H,77,78)/t63-,64-,65-/m1/s1. The Morgan fingerprint density at radius 2 is 0.477 bits per heavy atom. The van der Waals surface area contributed by atoms with Crippen LogP contribution in [0.3, 0.4) is 0 Å². The predicted octanol–water partition coefficient (Wildman–Crippen LogP) is 19.3. The van der Waals surface area contributed by atoms with Crippen LogP contribution in [0.4, 0.5) is 0 Å². The fraction of sp³-hybridized carbons (Fsp3) is 0.942. The number of carbonyl (C=O) groups excluding carboxylic acids is 4. The van der Waals surface area contributed by atoms with E-state index in [-0.39, 0.29) is 25.7 Å². The summed E-state index contributed by atoms with van der Waals surface area (Å²) in [5.41, 5.74) is 0. The van der Waals surface area contributed by atoms with Crippen LogP contribution in [0.2, 0.25) is 0 Å². The van der Waals surface area contributed by atoms with E-state index in [1.54, 1.807) is 0 Å². The van der Waals surface area contributed by atoms with Gasteiger partial charge in [0.2, 0.25) is 0 Å². The van der Waals surface area contributed by atoms with Gasteiger partial charge in [0.15, 0.2) is 12.2 Å². The maximum atomic E-state index is 13.0. The Labute approximate surface area is 537 Å². The summed E-state index contributed by atoms with van der Waals surface area (Å²) in [5.74, 6) is 0.753. The molecule has 0 aromatic heterocycles. The second-order valence-electron chi connectivity index (χ2n) is 26.8. The van der Waals surface area contributed by atoms with Gasteiger partial charge >= 0.3 is 39.5 Å². The number of esters is 4. The topological polar surface area (TPSA) is 237 Å². The number of rotatable bonds is 66. The second kappa shape index (κ2) is 58.8. The van der Waals surface area contributed by atoms with Gasteiger partial charge in [0.05, 0.1) is 26.4 Å². The molecule has 0 fully saturated rings. The van der Waals surface area contributed by atoms with Crippen molar-refractivity contribution in [2.75, 3.05) is 39.6 Å². The minimum absolute atomic E-state index is 0.102. The van der Waals surface area contributed by atoms with E-state index < -0.39 is 97.5 Å². The van der Waals surface area contributed by atoms with Gasteiger partial charge in [-0.3, -0.25) is 37.3 Å². The predicted molar refractivity (Wildman–Crippen MR) is 354 cm³/mol. The Balaban J connectivity index is 5.18. The van der Waals surface area contributed by atoms with Crippen LogP contribution in [0.1, 0.15) is 338 Å². The Morgan fingerprint density at radius 1 is 0.284 bits per heavy atom. The van der Waals surface area contributed by atoms with Crippen LogP contribution < -0.4 is 0 Å². The van der Waals surface area contributed by atoms with Gasteiger partial charge in [-0.25, -0.2) is 9.13 Å². The van der Waals surface area contributed by atoms with Crippen molar-refractivity contribution >= 4 is 39.5 Å². The van der Waals surface area contributed by atoms with Gasteiger partial charge in [-0.05, 0) is 49.4 Å². The molecule has 0 aromatic rings. The van der Waals surface area contributed by atoms with E-state index in [0.29, 0.717) is 43.4 Å². The van der Waals surface area contributed by atoms with Crippen LogP contribution >= 0.6 is 15.6 Å². The maximum Gasteiger partial charge on any atom is 0.472 e. The molecule has 2 unspecified atom stereocenters. The third kappa shape index (κ3) is 62.8. The number of carbonyl (C=O) groups is 4. The Bertz CT molecular complexity index is 1750. The molecule has 17 nitrogen and oxygen atoms in total. The van der Waals surface area contributed by atoms with Crippen molar-refractivity contribution in [1.82, 2.24) is 0 Å². The number of aliphatic hydroxyl groups is 1. The van der Waals surface area contributed by atoms with Crippen molar-refractivity contribution in [3.8, 4) is 0 Å². The van der Waals surface area contributed by atoms with Gasteiger partial charge in [-0.1, -0.05) is 287 Å². The molecule has 88 heavy (non-hydrogen) atoms. The highest BCUT2D eigenvalue weighted by Gasteiger charge is 2.30. The Kier molecular flexibility index (Phi) is 57.6. The van der Waals surface area contributed by atoms with Gasteiger partial charge in [-0.2, -0.15) is 0 Å². The molecule has 0 saturated carbocycles. The normalized spacial score (nSPS) is 14.3. The molecule has 5 atom stereocenters. The Morgan fingerprint density at radius 3 is 0.705 bits per heavy atom. The summed E-state index contributed by atoms with van der Waals surface area (Å²) in [5, 5.41) is 10.6. The van der Waals surface area contributed by atoms with Crippen molar-refractivity contribution < 1.29 is 80.2 Å². The fourth-order valence-electron chi connectivity index (χ4n) is 10.3. The van der Waals surface area contributed by atoms with Crippen LogP contribution in [0.15, 0.2) is 0 Å². The summed E-state index contributed by atoms with van der Waals surface area (Å²) in [4.78, 5) is 72.4. The fourth-order valence-corrected chi connectivity index (χ4v) is 11.9. The van der Waals surface area contributed by atoms with Crippen LogP contribution in [0.25, 0.3) is 0 Å². The first-order valence-corrected chi connectivity index (χ1v) is 38.7. The number of hydrogen-bond acceptors (Lipinski definition) is 15. The zero-order valence-corrected chi connectivity index (χ0v) is 59.1. The van der Waals surface area contributed by atoms with Crippen molar-refractivity contribution in [1.29, 1.82) is 0 Å². The lowest BCUT2D eigenvalue weighted by atomic mass is 10.0. The highest BCUT2D eigenvalue weighted by molar-refractivity contribution is 7.47. The van der Waals surface area contributed by atoms with Crippen LogP contribution in [0.5, 0.6) is 0 Å². The van der Waals surface area contributed by atoms with Crippen molar-refractivity contribution in [3.63, 3.8) is 0 Å². The zero-order valence-electron chi connectivity index (χ0n) is 57.3. The van der Waals surface area contributed by atoms with E-state index in [1.807, 2.05) is 0 Å². The first kappa shape index (κ1) is 86.1. The Hall–Kier alpha value is -1.94. The van der Waals surface area contributed by atoms with E-state index in [2.05, 4.69) is 55.4 Å². The number of aliphatic hydroxyl groups excluding tert-OH is 1. The highest BCUT2D eigenvalue weighted by Crippen LogP contribution is 2.45. The van der Waals surface area contributed by atoms with Gasteiger partial charge in [-0.15, -0.1) is 0 Å². The molecule has 0 spiro atoms. The second-order valence-corrected chi connectivity index (χ2v) is 29.7. The highest BCUT2D eigenvalue weighted by atomic mass is 31.2. The zero-order chi connectivity index (χ0) is 65.4. The SMILES string of the molecule is CC(C)CCCCCCCCCCCCCCCCCCC(=O)O[C@H](COC(=O)CCCCCCCCCC(C)C)COP(=O)(O)OC[C@@H](O)COP(=O)(O)OC[C@@H](COC(=O)CCCCCCCCC(C)C)OC(=O)CCCCCCCCCC(C)C. The molecular formula is C69H134O17P2. The van der Waals surface area contributed by atoms with Crippen LogP contribution in [0, 0.1) is 23.7 Å². The van der Waals surface area contributed by atoms with E-state index in [9.17, 15) is 43.2 Å². The third-order valence-corrected chi connectivity index (χ3v) is 17.7. The molecule has 0 aliphatic rings. The molecule has 0 heterocycles. The summed E-state index contributed by atoms with van der Waals surface area (Å²) < 4.78 is 68.1. The lowest BCUT2D eigenvalue weighted by Crippen LogP contribution is -2.30. The van der Waals surface area contributed by atoms with Gasteiger partial charge in [0.25, 0.3) is 0 Å². The quantitative estimate of drug-likeness (QED) is 0.0222. The molecule has 0 bridgehead atoms. The molecule has 0 aliphatic heterocycles. The lowest BCUT2D eigenvalue weighted by Gasteiger charge is -2.21. The molecule has 0 aromatic carbocycles. The molecule has 0 rings (SSSR count). The monoisotopic (exact) mass is 1300 g/mol. The van der Waals surface area contributed by atoms with E-state index in [0.717, 1.165) is 109 Å². The van der Waals surface area contributed by atoms with E-state index in [4.69, 9.17) is 37.0 Å². The van der Waals surface area contributed by atoms with E-state index in [1.165, 1.54) is 128 Å². The number of phosphoric ester groups is 2. The number of hydrogen-bond donors (Lipinski definition) is 3. The average Bonchev–Trinajstić information content (AvgIpc) is 3.52. The first-order chi connectivity index (χ1) is 42.1. The smallest absolute Gasteiger partial charge is 0.462 e. The summed E-state index contributed by atoms with van der Waals surface area (Å²) in [6, 6.07) is 0. The van der Waals surface area contributed by atoms with E-state index >= 15 is 0 Å². The van der Waals surface area contributed by atoms with Crippen LogP contribution in [-0.2, 0) is 65.4 Å². The summed E-state index contributed by atoms with van der Waals surface area (Å²) in [6.45, 7) is 14.0. The molecule has 0 aliphatic carbocycles. The molecule has 3 N–H and O–H groups in total. The molecule has 19 heteroatoms. The van der Waals surface area contributed by atoms with Gasteiger partial charge in [0, 0.05) is 25.7 Å². The summed E-state index contributed by atoms with van der Waals surface area (Å²) >= 11 is 0. The lowest BCUT2D eigenvalue weighted by molar-refractivity contribution is -0.161. The first-order valence-electron chi connectivity index (χ1n) is 35.7. The van der Waals surface area contributed by atoms with Crippen LogP contribution in [-0.4, -0.2) is 96.7 Å².